The van der Waals surface area contributed by atoms with Crippen molar-refractivity contribution >= 4 is 11.9 Å². The van der Waals surface area contributed by atoms with E-state index in [0.29, 0.717) is 12.0 Å². The Bertz CT molecular complexity index is 538. The van der Waals surface area contributed by atoms with Gasteiger partial charge in [-0.15, -0.1) is 6.58 Å². The number of amides is 1. The molecule has 0 aliphatic heterocycles. The van der Waals surface area contributed by atoms with Crippen LogP contribution in [0.3, 0.4) is 0 Å². The van der Waals surface area contributed by atoms with Gasteiger partial charge in [-0.25, -0.2) is 4.79 Å². The molecule has 1 aromatic rings. The lowest BCUT2D eigenvalue weighted by molar-refractivity contribution is -0.142. The SMILES string of the molecule is C=CCC[C@H](NC(=O)Cc1ccc(C(F)(F)F)cc1)C(=O)O. The van der Waals surface area contributed by atoms with Crippen LogP contribution in [-0.4, -0.2) is 23.0 Å². The van der Waals surface area contributed by atoms with Gasteiger partial charge >= 0.3 is 12.1 Å². The first-order chi connectivity index (χ1) is 10.2. The minimum Gasteiger partial charge on any atom is -0.480 e. The maximum absolute atomic E-state index is 12.4. The van der Waals surface area contributed by atoms with Crippen LogP contribution < -0.4 is 5.32 Å². The number of hydrogen-bond donors (Lipinski definition) is 2. The van der Waals surface area contributed by atoms with E-state index >= 15 is 0 Å². The van der Waals surface area contributed by atoms with Crippen LogP contribution in [0.2, 0.25) is 0 Å². The molecule has 0 bridgehead atoms. The van der Waals surface area contributed by atoms with E-state index in [4.69, 9.17) is 5.11 Å². The molecule has 0 aliphatic rings. The Kier molecular flexibility index (Phi) is 6.15. The number of nitrogens with one attached hydrogen (secondary N) is 1. The number of carbonyl (C=O) groups excluding carboxylic acids is 1. The second kappa shape index (κ2) is 7.63. The van der Waals surface area contributed by atoms with Gasteiger partial charge in [-0.3, -0.25) is 4.79 Å². The third-order valence-electron chi connectivity index (χ3n) is 2.94. The molecule has 0 heterocycles. The summed E-state index contributed by atoms with van der Waals surface area (Å²) in [5, 5.41) is 11.3. The van der Waals surface area contributed by atoms with E-state index in [9.17, 15) is 22.8 Å². The number of hydrogen-bond acceptors (Lipinski definition) is 2. The molecule has 1 rings (SSSR count). The van der Waals surface area contributed by atoms with E-state index in [1.165, 1.54) is 18.2 Å². The fourth-order valence-corrected chi connectivity index (χ4v) is 1.78. The highest BCUT2D eigenvalue weighted by Gasteiger charge is 2.30. The molecule has 0 fully saturated rings. The molecule has 1 aromatic carbocycles. The van der Waals surface area contributed by atoms with Crippen molar-refractivity contribution in [3.63, 3.8) is 0 Å². The average Bonchev–Trinajstić information content (AvgIpc) is 2.42. The van der Waals surface area contributed by atoms with Crippen LogP contribution in [0, 0.1) is 0 Å². The molecule has 0 saturated heterocycles. The number of halogens is 3. The lowest BCUT2D eigenvalue weighted by atomic mass is 10.1. The molecule has 0 spiro atoms. The van der Waals surface area contributed by atoms with E-state index in [1.54, 1.807) is 0 Å². The molecule has 0 aromatic heterocycles. The smallest absolute Gasteiger partial charge is 0.416 e. The number of benzene rings is 1. The zero-order valence-electron chi connectivity index (χ0n) is 11.7. The van der Waals surface area contributed by atoms with E-state index in [-0.39, 0.29) is 12.8 Å². The van der Waals surface area contributed by atoms with Crippen LogP contribution in [-0.2, 0) is 22.2 Å². The van der Waals surface area contributed by atoms with Gasteiger partial charge in [0.1, 0.15) is 6.04 Å². The summed E-state index contributed by atoms with van der Waals surface area (Å²) in [4.78, 5) is 22.7. The van der Waals surface area contributed by atoms with Gasteiger partial charge in [0, 0.05) is 0 Å². The molecule has 0 radical (unpaired) electrons. The molecule has 0 aliphatic carbocycles. The summed E-state index contributed by atoms with van der Waals surface area (Å²) in [5.74, 6) is -1.72. The summed E-state index contributed by atoms with van der Waals surface area (Å²) in [6.45, 7) is 3.47. The predicted molar refractivity (Wildman–Crippen MR) is 74.1 cm³/mol. The van der Waals surface area contributed by atoms with Crippen molar-refractivity contribution in [2.75, 3.05) is 0 Å². The van der Waals surface area contributed by atoms with Crippen molar-refractivity contribution in [3.05, 3.63) is 48.0 Å². The average molecular weight is 315 g/mol. The number of carbonyl (C=O) groups is 2. The second-order valence-corrected chi connectivity index (χ2v) is 4.70. The predicted octanol–water partition coefficient (Wildman–Crippen LogP) is 2.78. The third kappa shape index (κ3) is 5.59. The van der Waals surface area contributed by atoms with Gasteiger partial charge in [0.2, 0.25) is 5.91 Å². The van der Waals surface area contributed by atoms with E-state index in [1.807, 2.05) is 0 Å². The van der Waals surface area contributed by atoms with Crippen molar-refractivity contribution in [1.29, 1.82) is 0 Å². The molecule has 0 saturated carbocycles. The van der Waals surface area contributed by atoms with Crippen molar-refractivity contribution in [2.24, 2.45) is 0 Å². The number of carboxylic acids is 1. The van der Waals surface area contributed by atoms with Crippen molar-refractivity contribution in [3.8, 4) is 0 Å². The molecule has 1 amide bonds. The van der Waals surface area contributed by atoms with Crippen molar-refractivity contribution < 1.29 is 27.9 Å². The first-order valence-corrected chi connectivity index (χ1v) is 6.53. The van der Waals surface area contributed by atoms with Crippen molar-refractivity contribution in [2.45, 2.75) is 31.5 Å². The van der Waals surface area contributed by atoms with Crippen LogP contribution in [0.1, 0.15) is 24.0 Å². The van der Waals surface area contributed by atoms with Gasteiger partial charge in [-0.2, -0.15) is 13.2 Å². The first kappa shape index (κ1) is 17.7. The zero-order chi connectivity index (χ0) is 16.8. The normalized spacial score (nSPS) is 12.5. The molecule has 2 N–H and O–H groups in total. The highest BCUT2D eigenvalue weighted by Crippen LogP contribution is 2.29. The fraction of sp³-hybridized carbons (Fsp3) is 0.333. The van der Waals surface area contributed by atoms with Crippen LogP contribution >= 0.6 is 0 Å². The number of allylic oxidation sites excluding steroid dienone is 1. The maximum Gasteiger partial charge on any atom is 0.416 e. The Hall–Kier alpha value is -2.31. The standard InChI is InChI=1S/C15H16F3NO3/c1-2-3-4-12(14(21)22)19-13(20)9-10-5-7-11(8-6-10)15(16,17)18/h2,5-8,12H,1,3-4,9H2,(H,19,20)(H,21,22)/t12-/m0/s1. The van der Waals surface area contributed by atoms with Gasteiger partial charge < -0.3 is 10.4 Å². The highest BCUT2D eigenvalue weighted by atomic mass is 19.4. The molecular formula is C15H16F3NO3. The van der Waals surface area contributed by atoms with E-state index in [2.05, 4.69) is 11.9 Å². The van der Waals surface area contributed by atoms with Gasteiger partial charge in [0.15, 0.2) is 0 Å². The second-order valence-electron chi connectivity index (χ2n) is 4.70. The van der Waals surface area contributed by atoms with Gasteiger partial charge in [0.25, 0.3) is 0 Å². The summed E-state index contributed by atoms with van der Waals surface area (Å²) >= 11 is 0. The molecule has 7 heteroatoms. The van der Waals surface area contributed by atoms with E-state index in [0.717, 1.165) is 12.1 Å². The Morgan fingerprint density at radius 3 is 2.32 bits per heavy atom. The van der Waals surface area contributed by atoms with Gasteiger partial charge in [-0.05, 0) is 30.5 Å². The minimum absolute atomic E-state index is 0.185. The lowest BCUT2D eigenvalue weighted by Crippen LogP contribution is -2.41. The van der Waals surface area contributed by atoms with Gasteiger partial charge in [0.05, 0.1) is 12.0 Å². The summed E-state index contributed by atoms with van der Waals surface area (Å²) in [6.07, 6.45) is -2.44. The lowest BCUT2D eigenvalue weighted by Gasteiger charge is -2.14. The van der Waals surface area contributed by atoms with Crippen molar-refractivity contribution in [1.82, 2.24) is 5.32 Å². The van der Waals surface area contributed by atoms with Crippen LogP contribution in [0.4, 0.5) is 13.2 Å². The van der Waals surface area contributed by atoms with E-state index < -0.39 is 29.7 Å². The molecule has 0 unspecified atom stereocenters. The Morgan fingerprint density at radius 1 is 1.27 bits per heavy atom. The summed E-state index contributed by atoms with van der Waals surface area (Å²) < 4.78 is 37.2. The highest BCUT2D eigenvalue weighted by molar-refractivity contribution is 5.84. The number of rotatable bonds is 7. The summed E-state index contributed by atoms with van der Waals surface area (Å²) in [6, 6.07) is 3.12. The molecule has 120 valence electrons. The molecule has 22 heavy (non-hydrogen) atoms. The minimum atomic E-state index is -4.43. The topological polar surface area (TPSA) is 66.4 Å². The van der Waals surface area contributed by atoms with Crippen LogP contribution in [0.15, 0.2) is 36.9 Å². The zero-order valence-corrected chi connectivity index (χ0v) is 11.7. The summed E-state index contributed by atoms with van der Waals surface area (Å²) in [5.41, 5.74) is -0.426. The fourth-order valence-electron chi connectivity index (χ4n) is 1.78. The molecule has 1 atom stereocenters. The first-order valence-electron chi connectivity index (χ1n) is 6.53. The summed E-state index contributed by atoms with van der Waals surface area (Å²) in [7, 11) is 0. The molecular weight excluding hydrogens is 299 g/mol. The third-order valence-corrected chi connectivity index (χ3v) is 2.94. The Balaban J connectivity index is 2.64. The number of alkyl halides is 3. The Labute approximate surface area is 125 Å². The molecule has 4 nitrogen and oxygen atoms in total. The van der Waals surface area contributed by atoms with Gasteiger partial charge in [-0.1, -0.05) is 18.2 Å². The number of carboxylic acid groups (broad SMARTS) is 1. The monoisotopic (exact) mass is 315 g/mol. The Morgan fingerprint density at radius 2 is 1.86 bits per heavy atom. The quantitative estimate of drug-likeness (QED) is 0.760. The number of aliphatic carboxylic acids is 1. The largest absolute Gasteiger partial charge is 0.480 e. The van der Waals surface area contributed by atoms with Crippen LogP contribution in [0.5, 0.6) is 0 Å². The van der Waals surface area contributed by atoms with Crippen LogP contribution in [0.25, 0.3) is 0 Å². The maximum atomic E-state index is 12.4.